The first-order chi connectivity index (χ1) is 11.5. The van der Waals surface area contributed by atoms with Crippen molar-refractivity contribution in [2.45, 2.75) is 6.92 Å². The zero-order chi connectivity index (χ0) is 17.5. The van der Waals surface area contributed by atoms with E-state index in [9.17, 15) is 9.59 Å². The number of hydrogen-bond donors (Lipinski definition) is 3. The highest BCUT2D eigenvalue weighted by molar-refractivity contribution is 9.10. The van der Waals surface area contributed by atoms with Gasteiger partial charge in [0.2, 0.25) is 0 Å². The van der Waals surface area contributed by atoms with Crippen LogP contribution in [0.3, 0.4) is 0 Å². The van der Waals surface area contributed by atoms with Crippen molar-refractivity contribution in [3.8, 4) is 0 Å². The molecule has 0 aliphatic rings. The van der Waals surface area contributed by atoms with Crippen molar-refractivity contribution < 1.29 is 9.59 Å². The van der Waals surface area contributed by atoms with Crippen molar-refractivity contribution >= 4 is 50.8 Å². The second-order valence-electron chi connectivity index (χ2n) is 4.86. The Kier molecular flexibility index (Phi) is 6.45. The highest BCUT2D eigenvalue weighted by Gasteiger charge is 2.09. The number of anilines is 1. The number of amides is 2. The van der Waals surface area contributed by atoms with Crippen LogP contribution in [0.2, 0.25) is 0 Å². The minimum Gasteiger partial charge on any atom is -0.352 e. The van der Waals surface area contributed by atoms with Gasteiger partial charge in [0, 0.05) is 27.8 Å². The minimum atomic E-state index is -0.311. The molecule has 0 bridgehead atoms. The smallest absolute Gasteiger partial charge is 0.257 e. The molecule has 0 fully saturated rings. The minimum absolute atomic E-state index is 0.160. The molecule has 2 amide bonds. The van der Waals surface area contributed by atoms with Crippen LogP contribution in [0.15, 0.2) is 53.0 Å². The Labute approximate surface area is 154 Å². The van der Waals surface area contributed by atoms with E-state index in [1.54, 1.807) is 42.5 Å². The van der Waals surface area contributed by atoms with Gasteiger partial charge in [-0.15, -0.1) is 0 Å². The summed E-state index contributed by atoms with van der Waals surface area (Å²) in [4.78, 5) is 24.0. The highest BCUT2D eigenvalue weighted by Crippen LogP contribution is 2.12. The number of hydrogen-bond acceptors (Lipinski definition) is 3. The summed E-state index contributed by atoms with van der Waals surface area (Å²) in [6.45, 7) is 2.41. The number of rotatable bonds is 4. The standard InChI is InChI=1S/C17H16BrN3O2S/c1-2-19-15(22)12-6-4-8-14(10-12)20-17(24)21-16(23)11-5-3-7-13(18)9-11/h3-10H,2H2,1H3,(H,19,22)(H2,20,21,23,24). The number of nitrogens with one attached hydrogen (secondary N) is 3. The van der Waals surface area contributed by atoms with Gasteiger partial charge in [-0.25, -0.2) is 0 Å². The maximum Gasteiger partial charge on any atom is 0.257 e. The third kappa shape index (κ3) is 5.14. The molecule has 0 radical (unpaired) electrons. The lowest BCUT2D eigenvalue weighted by atomic mass is 10.2. The molecule has 2 aromatic carbocycles. The van der Waals surface area contributed by atoms with Gasteiger partial charge in [0.05, 0.1) is 0 Å². The Morgan fingerprint density at radius 2 is 1.71 bits per heavy atom. The Hall–Kier alpha value is -2.25. The topological polar surface area (TPSA) is 70.2 Å². The lowest BCUT2D eigenvalue weighted by Crippen LogP contribution is -2.34. The molecule has 0 aliphatic carbocycles. The van der Waals surface area contributed by atoms with Gasteiger partial charge in [-0.1, -0.05) is 28.1 Å². The Bertz CT molecular complexity index is 780. The molecule has 0 spiro atoms. The lowest BCUT2D eigenvalue weighted by Gasteiger charge is -2.11. The van der Waals surface area contributed by atoms with Crippen molar-refractivity contribution in [2.75, 3.05) is 11.9 Å². The molecular formula is C17H16BrN3O2S. The van der Waals surface area contributed by atoms with Gasteiger partial charge in [-0.2, -0.15) is 0 Å². The first kappa shape index (κ1) is 18.1. The van der Waals surface area contributed by atoms with Gasteiger partial charge in [0.25, 0.3) is 11.8 Å². The van der Waals surface area contributed by atoms with Gasteiger partial charge >= 0.3 is 0 Å². The summed E-state index contributed by atoms with van der Waals surface area (Å²) < 4.78 is 0.809. The summed E-state index contributed by atoms with van der Waals surface area (Å²) in [5.74, 6) is -0.473. The predicted molar refractivity (Wildman–Crippen MR) is 102 cm³/mol. The van der Waals surface area contributed by atoms with Gasteiger partial charge in [-0.05, 0) is 55.5 Å². The molecule has 0 unspecified atom stereocenters. The lowest BCUT2D eigenvalue weighted by molar-refractivity contribution is 0.0953. The van der Waals surface area contributed by atoms with Crippen molar-refractivity contribution in [1.82, 2.24) is 10.6 Å². The summed E-state index contributed by atoms with van der Waals surface area (Å²) in [7, 11) is 0. The average molecular weight is 406 g/mol. The van der Waals surface area contributed by atoms with Crippen molar-refractivity contribution in [2.24, 2.45) is 0 Å². The summed E-state index contributed by atoms with van der Waals surface area (Å²) in [6, 6.07) is 13.9. The molecule has 0 heterocycles. The van der Waals surface area contributed by atoms with E-state index in [0.29, 0.717) is 23.4 Å². The molecule has 3 N–H and O–H groups in total. The molecule has 5 nitrogen and oxygen atoms in total. The van der Waals surface area contributed by atoms with Crippen LogP contribution < -0.4 is 16.0 Å². The first-order valence-electron chi connectivity index (χ1n) is 7.25. The molecule has 0 saturated carbocycles. The fourth-order valence-corrected chi connectivity index (χ4v) is 2.58. The van der Waals surface area contributed by atoms with Crippen molar-refractivity contribution in [3.05, 3.63) is 64.1 Å². The quantitative estimate of drug-likeness (QED) is 0.682. The van der Waals surface area contributed by atoms with E-state index < -0.39 is 0 Å². The van der Waals surface area contributed by atoms with E-state index in [1.165, 1.54) is 0 Å². The van der Waals surface area contributed by atoms with Crippen LogP contribution in [0.4, 0.5) is 5.69 Å². The van der Waals surface area contributed by atoms with Crippen LogP contribution in [0.5, 0.6) is 0 Å². The largest absolute Gasteiger partial charge is 0.352 e. The van der Waals surface area contributed by atoms with Crippen molar-refractivity contribution in [3.63, 3.8) is 0 Å². The predicted octanol–water partition coefficient (Wildman–Crippen LogP) is 3.33. The molecule has 0 aliphatic heterocycles. The third-order valence-electron chi connectivity index (χ3n) is 3.03. The average Bonchev–Trinajstić information content (AvgIpc) is 2.55. The van der Waals surface area contributed by atoms with Crippen LogP contribution in [0, 0.1) is 0 Å². The molecular weight excluding hydrogens is 390 g/mol. The SMILES string of the molecule is CCNC(=O)c1cccc(NC(=S)NC(=O)c2cccc(Br)c2)c1. The van der Waals surface area contributed by atoms with Crippen LogP contribution in [0.1, 0.15) is 27.6 Å². The molecule has 0 saturated heterocycles. The second-order valence-corrected chi connectivity index (χ2v) is 6.18. The number of benzene rings is 2. The number of carbonyl (C=O) groups excluding carboxylic acids is 2. The Balaban J connectivity index is 2.01. The van der Waals surface area contributed by atoms with E-state index in [0.717, 1.165) is 4.47 Å². The molecule has 0 atom stereocenters. The number of halogens is 1. The summed E-state index contributed by atoms with van der Waals surface area (Å²) >= 11 is 8.47. The normalized spacial score (nSPS) is 9.92. The van der Waals surface area contributed by atoms with E-state index in [4.69, 9.17) is 12.2 Å². The fourth-order valence-electron chi connectivity index (χ4n) is 1.97. The van der Waals surface area contributed by atoms with Crippen LogP contribution in [-0.2, 0) is 0 Å². The van der Waals surface area contributed by atoms with Crippen LogP contribution >= 0.6 is 28.1 Å². The van der Waals surface area contributed by atoms with Crippen LogP contribution in [-0.4, -0.2) is 23.5 Å². The van der Waals surface area contributed by atoms with Crippen LogP contribution in [0.25, 0.3) is 0 Å². The van der Waals surface area contributed by atoms with E-state index >= 15 is 0 Å². The monoisotopic (exact) mass is 405 g/mol. The second kappa shape index (κ2) is 8.56. The molecule has 124 valence electrons. The van der Waals surface area contributed by atoms with Crippen molar-refractivity contribution in [1.29, 1.82) is 0 Å². The molecule has 2 rings (SSSR count). The zero-order valence-electron chi connectivity index (χ0n) is 12.9. The fraction of sp³-hybridized carbons (Fsp3) is 0.118. The molecule has 2 aromatic rings. The third-order valence-corrected chi connectivity index (χ3v) is 3.73. The van der Waals surface area contributed by atoms with Gasteiger partial charge in [0.1, 0.15) is 0 Å². The van der Waals surface area contributed by atoms with Gasteiger partial charge < -0.3 is 10.6 Å². The number of thiocarbonyl (C=S) groups is 1. The van der Waals surface area contributed by atoms with E-state index in [-0.39, 0.29) is 16.9 Å². The molecule has 0 aromatic heterocycles. The van der Waals surface area contributed by atoms with Gasteiger partial charge in [-0.3, -0.25) is 14.9 Å². The Morgan fingerprint density at radius 3 is 2.38 bits per heavy atom. The summed E-state index contributed by atoms with van der Waals surface area (Å²) in [5.41, 5.74) is 1.63. The molecule has 24 heavy (non-hydrogen) atoms. The van der Waals surface area contributed by atoms with E-state index in [1.807, 2.05) is 13.0 Å². The summed E-state index contributed by atoms with van der Waals surface area (Å²) in [6.07, 6.45) is 0. The summed E-state index contributed by atoms with van der Waals surface area (Å²) in [5, 5.41) is 8.40. The number of carbonyl (C=O) groups is 2. The maximum atomic E-state index is 12.1. The zero-order valence-corrected chi connectivity index (χ0v) is 15.3. The van der Waals surface area contributed by atoms with E-state index in [2.05, 4.69) is 31.9 Å². The molecule has 7 heteroatoms. The Morgan fingerprint density at radius 1 is 1.04 bits per heavy atom. The maximum absolute atomic E-state index is 12.1. The van der Waals surface area contributed by atoms with Gasteiger partial charge in [0.15, 0.2) is 5.11 Å². The highest BCUT2D eigenvalue weighted by atomic mass is 79.9. The first-order valence-corrected chi connectivity index (χ1v) is 8.46.